The van der Waals surface area contributed by atoms with Gasteiger partial charge in [0.25, 0.3) is 5.56 Å². The Morgan fingerprint density at radius 2 is 1.88 bits per heavy atom. The Bertz CT molecular complexity index is 1240. The fourth-order valence-corrected chi connectivity index (χ4v) is 3.63. The fraction of sp³-hybridized carbons (Fsp3) is 0.227. The molecule has 2 heterocycles. The Morgan fingerprint density at radius 1 is 1.12 bits per heavy atom. The van der Waals surface area contributed by atoms with Crippen LogP contribution in [-0.4, -0.2) is 34.5 Å². The zero-order valence-electron chi connectivity index (χ0n) is 17.1. The number of aromatic nitrogens is 2. The van der Waals surface area contributed by atoms with Gasteiger partial charge in [-0.1, -0.05) is 18.2 Å². The molecule has 0 bridgehead atoms. The van der Waals surface area contributed by atoms with Gasteiger partial charge in [-0.2, -0.15) is 18.3 Å². The molecule has 4 rings (SSSR count). The molecule has 33 heavy (non-hydrogen) atoms. The van der Waals surface area contributed by atoms with Crippen LogP contribution in [0.1, 0.15) is 27.0 Å². The van der Waals surface area contributed by atoms with E-state index in [1.807, 2.05) is 5.10 Å². The summed E-state index contributed by atoms with van der Waals surface area (Å²) in [7, 11) is 0. The number of nitrogens with one attached hydrogen (secondary N) is 1. The molecule has 0 saturated heterocycles. The number of carbonyl (C=O) groups is 1. The summed E-state index contributed by atoms with van der Waals surface area (Å²) in [5.41, 5.74) is -1.30. The van der Waals surface area contributed by atoms with Gasteiger partial charge in [-0.3, -0.25) is 4.79 Å². The van der Waals surface area contributed by atoms with Crippen LogP contribution >= 0.6 is 0 Å². The molecule has 0 atom stereocenters. The first kappa shape index (κ1) is 22.2. The number of benzene rings is 2. The molecule has 1 aliphatic rings. The maximum absolute atomic E-state index is 13.4. The van der Waals surface area contributed by atoms with Gasteiger partial charge >= 0.3 is 12.1 Å². The van der Waals surface area contributed by atoms with Gasteiger partial charge < -0.3 is 19.5 Å². The SMILES string of the molecule is O=C(O)c1cccc(OCCOc2cccc3c2CN(c2cn[nH]c(=O)c2C(F)(F)F)C3)c1. The summed E-state index contributed by atoms with van der Waals surface area (Å²) in [5, 5.41) is 14.4. The minimum absolute atomic E-state index is 0.0989. The molecule has 172 valence electrons. The first-order valence-corrected chi connectivity index (χ1v) is 9.83. The summed E-state index contributed by atoms with van der Waals surface area (Å²) in [6.07, 6.45) is -3.83. The van der Waals surface area contributed by atoms with Gasteiger partial charge in [0, 0.05) is 18.7 Å². The Kier molecular flexibility index (Phi) is 5.95. The quantitative estimate of drug-likeness (QED) is 0.519. The molecule has 11 heteroatoms. The number of hydrogen-bond donors (Lipinski definition) is 2. The number of ether oxygens (including phenoxy) is 2. The molecule has 0 radical (unpaired) electrons. The molecule has 0 amide bonds. The third-order valence-electron chi connectivity index (χ3n) is 5.09. The van der Waals surface area contributed by atoms with E-state index in [2.05, 4.69) is 5.10 Å². The smallest absolute Gasteiger partial charge is 0.423 e. The van der Waals surface area contributed by atoms with Crippen molar-refractivity contribution >= 4 is 11.7 Å². The molecule has 3 aromatic rings. The average Bonchev–Trinajstić information content (AvgIpc) is 3.21. The number of halogens is 3. The van der Waals surface area contributed by atoms with Crippen LogP contribution in [-0.2, 0) is 19.3 Å². The van der Waals surface area contributed by atoms with Crippen molar-refractivity contribution in [2.45, 2.75) is 19.3 Å². The highest BCUT2D eigenvalue weighted by Gasteiger charge is 2.39. The molecule has 0 spiro atoms. The van der Waals surface area contributed by atoms with Crippen molar-refractivity contribution in [3.63, 3.8) is 0 Å². The number of anilines is 1. The zero-order valence-corrected chi connectivity index (χ0v) is 17.1. The molecule has 0 aliphatic carbocycles. The number of rotatable bonds is 7. The maximum Gasteiger partial charge on any atom is 0.423 e. The Labute approximate surface area is 185 Å². The Hall–Kier alpha value is -4.02. The van der Waals surface area contributed by atoms with Crippen molar-refractivity contribution in [1.82, 2.24) is 10.2 Å². The van der Waals surface area contributed by atoms with E-state index in [4.69, 9.17) is 14.6 Å². The number of nitrogens with zero attached hydrogens (tertiary/aromatic N) is 2. The van der Waals surface area contributed by atoms with Crippen LogP contribution < -0.4 is 19.9 Å². The van der Waals surface area contributed by atoms with Gasteiger partial charge in [0.1, 0.15) is 30.3 Å². The first-order valence-electron chi connectivity index (χ1n) is 9.83. The lowest BCUT2D eigenvalue weighted by molar-refractivity contribution is -0.138. The van der Waals surface area contributed by atoms with E-state index in [0.29, 0.717) is 17.1 Å². The number of aromatic carboxylic acids is 1. The summed E-state index contributed by atoms with van der Waals surface area (Å²) >= 11 is 0. The van der Waals surface area contributed by atoms with Crippen LogP contribution in [0.15, 0.2) is 53.5 Å². The lowest BCUT2D eigenvalue weighted by Crippen LogP contribution is -2.28. The van der Waals surface area contributed by atoms with Crippen LogP contribution in [0.25, 0.3) is 0 Å². The fourth-order valence-electron chi connectivity index (χ4n) is 3.63. The predicted octanol–water partition coefficient (Wildman–Crippen LogP) is 3.46. The van der Waals surface area contributed by atoms with E-state index >= 15 is 0 Å². The summed E-state index contributed by atoms with van der Waals surface area (Å²) in [6.45, 7) is 0.543. The molecule has 1 aromatic heterocycles. The first-order chi connectivity index (χ1) is 15.7. The van der Waals surface area contributed by atoms with Gasteiger partial charge in [-0.15, -0.1) is 0 Å². The Balaban J connectivity index is 1.44. The largest absolute Gasteiger partial charge is 0.490 e. The van der Waals surface area contributed by atoms with Crippen LogP contribution in [0.3, 0.4) is 0 Å². The van der Waals surface area contributed by atoms with Crippen LogP contribution in [0.4, 0.5) is 18.9 Å². The molecule has 8 nitrogen and oxygen atoms in total. The summed E-state index contributed by atoms with van der Waals surface area (Å²) in [5.74, 6) is -0.195. The monoisotopic (exact) mass is 461 g/mol. The van der Waals surface area contributed by atoms with Gasteiger partial charge in [0.2, 0.25) is 0 Å². The number of fused-ring (bicyclic) bond motifs is 1. The number of hydrogen-bond acceptors (Lipinski definition) is 6. The lowest BCUT2D eigenvalue weighted by atomic mass is 10.1. The molecule has 0 saturated carbocycles. The minimum atomic E-state index is -4.82. The summed E-state index contributed by atoms with van der Waals surface area (Å²) < 4.78 is 51.6. The highest BCUT2D eigenvalue weighted by Crippen LogP contribution is 2.39. The highest BCUT2D eigenvalue weighted by molar-refractivity contribution is 5.88. The van der Waals surface area contributed by atoms with Crippen LogP contribution in [0.2, 0.25) is 0 Å². The van der Waals surface area contributed by atoms with Crippen molar-refractivity contribution in [2.24, 2.45) is 0 Å². The third-order valence-corrected chi connectivity index (χ3v) is 5.09. The standard InChI is InChI=1S/C22H18F3N3O5/c23-22(24,25)19-17(10-26-27-20(19)29)28-11-14-4-2-6-18(16(14)12-28)33-8-7-32-15-5-1-3-13(9-15)21(30)31/h1-6,9-10H,7-8,11-12H2,(H,27,29)(H,30,31). The molecular formula is C22H18F3N3O5. The number of H-pyrrole nitrogens is 1. The molecule has 2 aromatic carbocycles. The topological polar surface area (TPSA) is 105 Å². The van der Waals surface area contributed by atoms with E-state index < -0.39 is 23.3 Å². The second-order valence-electron chi connectivity index (χ2n) is 7.24. The van der Waals surface area contributed by atoms with Crippen molar-refractivity contribution in [2.75, 3.05) is 18.1 Å². The third kappa shape index (κ3) is 4.76. The predicted molar refractivity (Wildman–Crippen MR) is 111 cm³/mol. The molecule has 0 fully saturated rings. The van der Waals surface area contributed by atoms with E-state index in [0.717, 1.165) is 11.8 Å². The normalized spacial score (nSPS) is 13.0. The molecule has 1 aliphatic heterocycles. The Morgan fingerprint density at radius 3 is 2.64 bits per heavy atom. The lowest BCUT2D eigenvalue weighted by Gasteiger charge is -2.21. The van der Waals surface area contributed by atoms with Crippen molar-refractivity contribution < 1.29 is 32.5 Å². The molecule has 2 N–H and O–H groups in total. The van der Waals surface area contributed by atoms with Crippen molar-refractivity contribution in [3.05, 3.63) is 81.3 Å². The van der Waals surface area contributed by atoms with Crippen molar-refractivity contribution in [3.8, 4) is 11.5 Å². The van der Waals surface area contributed by atoms with E-state index in [1.54, 1.807) is 30.3 Å². The maximum atomic E-state index is 13.4. The van der Waals surface area contributed by atoms with E-state index in [1.165, 1.54) is 17.0 Å². The summed E-state index contributed by atoms with van der Waals surface area (Å²) in [4.78, 5) is 24.3. The number of carboxylic acids is 1. The zero-order chi connectivity index (χ0) is 23.6. The number of carboxylic acid groups (broad SMARTS) is 1. The number of alkyl halides is 3. The van der Waals surface area contributed by atoms with Gasteiger partial charge in [-0.25, -0.2) is 9.89 Å². The van der Waals surface area contributed by atoms with Gasteiger partial charge in [0.05, 0.1) is 17.4 Å². The molecule has 0 unspecified atom stereocenters. The van der Waals surface area contributed by atoms with E-state index in [-0.39, 0.29) is 37.6 Å². The van der Waals surface area contributed by atoms with Gasteiger partial charge in [0.15, 0.2) is 0 Å². The van der Waals surface area contributed by atoms with E-state index in [9.17, 15) is 22.8 Å². The second-order valence-corrected chi connectivity index (χ2v) is 7.24. The minimum Gasteiger partial charge on any atom is -0.490 e. The van der Waals surface area contributed by atoms with Crippen LogP contribution in [0, 0.1) is 0 Å². The number of aromatic amines is 1. The van der Waals surface area contributed by atoms with Crippen molar-refractivity contribution in [1.29, 1.82) is 0 Å². The highest BCUT2D eigenvalue weighted by atomic mass is 19.4. The molecular weight excluding hydrogens is 443 g/mol. The summed E-state index contributed by atoms with van der Waals surface area (Å²) in [6, 6.07) is 11.3. The average molecular weight is 461 g/mol. The van der Waals surface area contributed by atoms with Gasteiger partial charge in [-0.05, 0) is 29.8 Å². The second kappa shape index (κ2) is 8.85. The van der Waals surface area contributed by atoms with Crippen LogP contribution in [0.5, 0.6) is 11.5 Å².